The minimum atomic E-state index is -3.03. The van der Waals surface area contributed by atoms with Crippen molar-refractivity contribution in [2.75, 3.05) is 18.1 Å². The number of sulfone groups is 1. The zero-order chi connectivity index (χ0) is 16.1. The molecule has 9 heteroatoms. The van der Waals surface area contributed by atoms with Gasteiger partial charge in [-0.15, -0.1) is 0 Å². The summed E-state index contributed by atoms with van der Waals surface area (Å²) in [7, 11) is -3.03. The SMILES string of the molecule is CC(N)N1Cc2cc(C(N)=O)nn2CC2(CCS(=O)(=O)C2)C1. The summed E-state index contributed by atoms with van der Waals surface area (Å²) in [5.41, 5.74) is 12.0. The molecule has 1 amide bonds. The fraction of sp³-hybridized carbons (Fsp3) is 0.692. The van der Waals surface area contributed by atoms with Crippen LogP contribution in [-0.4, -0.2) is 53.2 Å². The maximum atomic E-state index is 12.0. The second-order valence-corrected chi connectivity index (χ2v) is 8.71. The van der Waals surface area contributed by atoms with Gasteiger partial charge in [-0.3, -0.25) is 14.4 Å². The fourth-order valence-electron chi connectivity index (χ4n) is 3.42. The van der Waals surface area contributed by atoms with Gasteiger partial charge in [0.2, 0.25) is 0 Å². The number of nitrogens with two attached hydrogens (primary N) is 2. The van der Waals surface area contributed by atoms with Crippen LogP contribution in [0.1, 0.15) is 29.5 Å². The van der Waals surface area contributed by atoms with Crippen LogP contribution >= 0.6 is 0 Å². The number of carbonyl (C=O) groups excluding carboxylic acids is 1. The first-order valence-corrected chi connectivity index (χ1v) is 9.08. The molecule has 122 valence electrons. The molecule has 3 heterocycles. The van der Waals surface area contributed by atoms with Crippen molar-refractivity contribution < 1.29 is 13.2 Å². The van der Waals surface area contributed by atoms with E-state index >= 15 is 0 Å². The summed E-state index contributed by atoms with van der Waals surface area (Å²) in [4.78, 5) is 13.4. The normalized spacial score (nSPS) is 29.2. The monoisotopic (exact) mass is 327 g/mol. The maximum absolute atomic E-state index is 12.0. The summed E-state index contributed by atoms with van der Waals surface area (Å²) in [6.07, 6.45) is 0.377. The smallest absolute Gasteiger partial charge is 0.269 e. The van der Waals surface area contributed by atoms with E-state index < -0.39 is 21.2 Å². The van der Waals surface area contributed by atoms with E-state index in [2.05, 4.69) is 5.10 Å². The summed E-state index contributed by atoms with van der Waals surface area (Å²) in [6.45, 7) is 3.48. The van der Waals surface area contributed by atoms with E-state index in [1.54, 1.807) is 10.7 Å². The Bertz CT molecular complexity index is 711. The molecule has 2 unspecified atom stereocenters. The second-order valence-electron chi connectivity index (χ2n) is 6.53. The lowest BCUT2D eigenvalue weighted by Crippen LogP contribution is -2.46. The van der Waals surface area contributed by atoms with Gasteiger partial charge in [0, 0.05) is 25.0 Å². The third-order valence-electron chi connectivity index (χ3n) is 4.55. The number of hydrogen-bond donors (Lipinski definition) is 2. The summed E-state index contributed by atoms with van der Waals surface area (Å²) >= 11 is 0. The molecule has 0 saturated carbocycles. The van der Waals surface area contributed by atoms with Crippen LogP contribution in [0.5, 0.6) is 0 Å². The molecule has 3 rings (SSSR count). The molecule has 1 aromatic rings. The number of rotatable bonds is 2. The van der Waals surface area contributed by atoms with Gasteiger partial charge in [-0.05, 0) is 19.4 Å². The Hall–Kier alpha value is -1.45. The van der Waals surface area contributed by atoms with Gasteiger partial charge in [0.1, 0.15) is 5.69 Å². The molecule has 2 aliphatic heterocycles. The van der Waals surface area contributed by atoms with Crippen molar-refractivity contribution in [3.05, 3.63) is 17.5 Å². The van der Waals surface area contributed by atoms with Crippen molar-refractivity contribution in [1.29, 1.82) is 0 Å². The number of hydrogen-bond acceptors (Lipinski definition) is 6. The summed E-state index contributed by atoms with van der Waals surface area (Å²) < 4.78 is 25.7. The first-order chi connectivity index (χ1) is 10.2. The lowest BCUT2D eigenvalue weighted by molar-refractivity contribution is 0.0992. The topological polar surface area (TPSA) is 124 Å². The highest BCUT2D eigenvalue weighted by Gasteiger charge is 2.46. The molecule has 0 radical (unpaired) electrons. The molecular formula is C13H21N5O3S. The zero-order valence-electron chi connectivity index (χ0n) is 12.5. The predicted molar refractivity (Wildman–Crippen MR) is 80.5 cm³/mol. The molecule has 1 spiro atoms. The lowest BCUT2D eigenvalue weighted by atomic mass is 9.87. The molecule has 4 N–H and O–H groups in total. The molecule has 8 nitrogen and oxygen atoms in total. The third-order valence-corrected chi connectivity index (χ3v) is 6.43. The Morgan fingerprint density at radius 1 is 1.45 bits per heavy atom. The van der Waals surface area contributed by atoms with Crippen LogP contribution in [-0.2, 0) is 22.9 Å². The van der Waals surface area contributed by atoms with Crippen molar-refractivity contribution in [1.82, 2.24) is 14.7 Å². The van der Waals surface area contributed by atoms with Crippen molar-refractivity contribution in [2.45, 2.75) is 32.6 Å². The Balaban J connectivity index is 2.02. The molecule has 22 heavy (non-hydrogen) atoms. The molecule has 2 atom stereocenters. The van der Waals surface area contributed by atoms with Crippen molar-refractivity contribution in [3.63, 3.8) is 0 Å². The number of fused-ring (bicyclic) bond motifs is 1. The average Bonchev–Trinajstić information content (AvgIpc) is 2.86. The second kappa shape index (κ2) is 5.04. The van der Waals surface area contributed by atoms with Crippen molar-refractivity contribution in [3.8, 4) is 0 Å². The Morgan fingerprint density at radius 3 is 2.73 bits per heavy atom. The molecular weight excluding hydrogens is 306 g/mol. The molecule has 0 aromatic carbocycles. The van der Waals surface area contributed by atoms with E-state index in [-0.39, 0.29) is 23.4 Å². The minimum Gasteiger partial charge on any atom is -0.364 e. The number of aromatic nitrogens is 2. The molecule has 0 aliphatic carbocycles. The predicted octanol–water partition coefficient (Wildman–Crippen LogP) is -1.09. The summed E-state index contributed by atoms with van der Waals surface area (Å²) in [5.74, 6) is -0.256. The van der Waals surface area contributed by atoms with Gasteiger partial charge in [0.15, 0.2) is 9.84 Å². The maximum Gasteiger partial charge on any atom is 0.269 e. The van der Waals surface area contributed by atoms with Crippen LogP contribution in [0.3, 0.4) is 0 Å². The van der Waals surface area contributed by atoms with E-state index in [9.17, 15) is 13.2 Å². The lowest BCUT2D eigenvalue weighted by Gasteiger charge is -2.33. The van der Waals surface area contributed by atoms with Gasteiger partial charge in [0.05, 0.1) is 23.4 Å². The summed E-state index contributed by atoms with van der Waals surface area (Å²) in [6, 6.07) is 1.67. The first-order valence-electron chi connectivity index (χ1n) is 7.26. The largest absolute Gasteiger partial charge is 0.364 e. The number of primary amides is 1. The van der Waals surface area contributed by atoms with E-state index in [1.807, 2.05) is 11.8 Å². The van der Waals surface area contributed by atoms with Gasteiger partial charge in [-0.2, -0.15) is 5.10 Å². The molecule has 1 aromatic heterocycles. The molecule has 1 fully saturated rings. The number of amides is 1. The number of carbonyl (C=O) groups is 1. The fourth-order valence-corrected chi connectivity index (χ4v) is 5.57. The third kappa shape index (κ3) is 2.75. The van der Waals surface area contributed by atoms with Crippen LogP contribution in [0.2, 0.25) is 0 Å². The summed E-state index contributed by atoms with van der Waals surface area (Å²) in [5, 5.41) is 4.25. The van der Waals surface area contributed by atoms with E-state index in [4.69, 9.17) is 11.5 Å². The van der Waals surface area contributed by atoms with Gasteiger partial charge in [-0.25, -0.2) is 8.42 Å². The quantitative estimate of drug-likeness (QED) is 0.711. The highest BCUT2D eigenvalue weighted by Crippen LogP contribution is 2.37. The molecule has 2 aliphatic rings. The van der Waals surface area contributed by atoms with Crippen molar-refractivity contribution >= 4 is 15.7 Å². The number of nitrogens with zero attached hydrogens (tertiary/aromatic N) is 3. The highest BCUT2D eigenvalue weighted by molar-refractivity contribution is 7.91. The van der Waals surface area contributed by atoms with Crippen LogP contribution in [0.15, 0.2) is 6.07 Å². The van der Waals surface area contributed by atoms with Crippen LogP contribution < -0.4 is 11.5 Å². The standard InChI is InChI=1S/C13H21N5O3S/c1-9(14)17-5-10-4-11(12(15)19)16-18(10)7-13(6-17)2-3-22(20,21)8-13/h4,9H,2-3,5-8,14H2,1H3,(H2,15,19). The Labute approximate surface area is 129 Å². The Kier molecular flexibility index (Phi) is 3.54. The first kappa shape index (κ1) is 15.4. The van der Waals surface area contributed by atoms with Crippen molar-refractivity contribution in [2.24, 2.45) is 16.9 Å². The molecule has 0 bridgehead atoms. The van der Waals surface area contributed by atoms with Crippen LogP contribution in [0.4, 0.5) is 0 Å². The zero-order valence-corrected chi connectivity index (χ0v) is 13.3. The van der Waals surface area contributed by atoms with Gasteiger partial charge in [0.25, 0.3) is 5.91 Å². The van der Waals surface area contributed by atoms with Gasteiger partial charge < -0.3 is 11.5 Å². The van der Waals surface area contributed by atoms with E-state index in [0.717, 1.165) is 5.69 Å². The van der Waals surface area contributed by atoms with Crippen LogP contribution in [0.25, 0.3) is 0 Å². The van der Waals surface area contributed by atoms with Gasteiger partial charge in [-0.1, -0.05) is 0 Å². The van der Waals surface area contributed by atoms with E-state index in [1.165, 1.54) is 0 Å². The highest BCUT2D eigenvalue weighted by atomic mass is 32.2. The van der Waals surface area contributed by atoms with Crippen LogP contribution in [0, 0.1) is 5.41 Å². The average molecular weight is 327 g/mol. The van der Waals surface area contributed by atoms with Gasteiger partial charge >= 0.3 is 0 Å². The minimum absolute atomic E-state index is 0.133. The van der Waals surface area contributed by atoms with E-state index in [0.29, 0.717) is 26.1 Å². The Morgan fingerprint density at radius 2 is 2.18 bits per heavy atom. The molecule has 1 saturated heterocycles.